The molecule has 2 atom stereocenters. The summed E-state index contributed by atoms with van der Waals surface area (Å²) in [5.41, 5.74) is 0.800. The number of hydrogen-bond acceptors (Lipinski definition) is 3. The molecule has 20 heavy (non-hydrogen) atoms. The molecule has 0 saturated heterocycles. The summed E-state index contributed by atoms with van der Waals surface area (Å²) in [4.78, 5) is 24.7. The number of rotatable bonds is 2. The minimum Gasteiger partial charge on any atom is -0.481 e. The van der Waals surface area contributed by atoms with Crippen LogP contribution in [0.5, 0.6) is 5.75 Å². The number of carbonyl (C=O) groups is 2. The maximum Gasteiger partial charge on any atom is 0.307 e. The monoisotopic (exact) mass is 275 g/mol. The normalized spacial score (nSPS) is 26.8. The Morgan fingerprint density at radius 3 is 2.75 bits per heavy atom. The molecule has 0 spiro atoms. The molecule has 1 aliphatic carbocycles. The van der Waals surface area contributed by atoms with Crippen molar-refractivity contribution in [2.45, 2.75) is 31.8 Å². The van der Waals surface area contributed by atoms with E-state index in [-0.39, 0.29) is 17.7 Å². The fourth-order valence-corrected chi connectivity index (χ4v) is 2.78. The highest BCUT2D eigenvalue weighted by Crippen LogP contribution is 2.49. The van der Waals surface area contributed by atoms with Crippen LogP contribution in [-0.2, 0) is 9.59 Å². The second-order valence-electron chi connectivity index (χ2n) is 5.99. The Morgan fingerprint density at radius 2 is 2.15 bits per heavy atom. The first kappa shape index (κ1) is 13.0. The van der Waals surface area contributed by atoms with E-state index in [0.29, 0.717) is 17.9 Å². The summed E-state index contributed by atoms with van der Waals surface area (Å²) >= 11 is 0. The summed E-state index contributed by atoms with van der Waals surface area (Å²) in [6, 6.07) is 5.59. The number of ether oxygens (including phenoxy) is 1. The molecule has 0 bridgehead atoms. The van der Waals surface area contributed by atoms with Crippen molar-refractivity contribution in [2.75, 3.05) is 11.9 Å². The van der Waals surface area contributed by atoms with Gasteiger partial charge in [-0.25, -0.2) is 0 Å². The maximum atomic E-state index is 12.2. The standard InChI is InChI=1S/C15H17NO4/c1-15(2)14(19)16(3)11-6-8(4-5-12(11)20-15)9-7-10(9)13(17)18/h4-6,9-10H,7H2,1-3H3,(H,17,18). The highest BCUT2D eigenvalue weighted by atomic mass is 16.5. The number of carbonyl (C=O) groups excluding carboxylic acids is 1. The van der Waals surface area contributed by atoms with Crippen molar-refractivity contribution in [1.82, 2.24) is 0 Å². The van der Waals surface area contributed by atoms with E-state index in [1.165, 1.54) is 0 Å². The molecule has 1 aliphatic heterocycles. The number of nitrogens with zero attached hydrogens (tertiary/aromatic N) is 1. The van der Waals surface area contributed by atoms with Crippen LogP contribution in [0.25, 0.3) is 0 Å². The Kier molecular flexibility index (Phi) is 2.58. The average molecular weight is 275 g/mol. The molecule has 1 heterocycles. The van der Waals surface area contributed by atoms with Gasteiger partial charge >= 0.3 is 5.97 Å². The van der Waals surface area contributed by atoms with Gasteiger partial charge in [0.1, 0.15) is 5.75 Å². The summed E-state index contributed by atoms with van der Waals surface area (Å²) in [6.45, 7) is 3.48. The van der Waals surface area contributed by atoms with Crippen LogP contribution in [-0.4, -0.2) is 29.6 Å². The van der Waals surface area contributed by atoms with Gasteiger partial charge in [-0.05, 0) is 43.9 Å². The Balaban J connectivity index is 1.95. The van der Waals surface area contributed by atoms with Crippen molar-refractivity contribution in [2.24, 2.45) is 5.92 Å². The molecular formula is C15H17NO4. The van der Waals surface area contributed by atoms with E-state index in [2.05, 4.69) is 0 Å². The second-order valence-corrected chi connectivity index (χ2v) is 5.99. The average Bonchev–Trinajstić information content (AvgIpc) is 3.16. The van der Waals surface area contributed by atoms with Gasteiger partial charge in [-0.2, -0.15) is 0 Å². The zero-order valence-corrected chi connectivity index (χ0v) is 11.7. The van der Waals surface area contributed by atoms with Crippen LogP contribution >= 0.6 is 0 Å². The molecule has 2 unspecified atom stereocenters. The van der Waals surface area contributed by atoms with Gasteiger partial charge in [0.15, 0.2) is 5.60 Å². The Hall–Kier alpha value is -2.04. The highest BCUT2D eigenvalue weighted by Gasteiger charge is 2.45. The SMILES string of the molecule is CN1C(=O)C(C)(C)Oc2ccc(C3CC3C(=O)O)cc21. The van der Waals surface area contributed by atoms with E-state index in [4.69, 9.17) is 9.84 Å². The maximum absolute atomic E-state index is 12.2. The van der Waals surface area contributed by atoms with E-state index in [0.717, 1.165) is 5.56 Å². The summed E-state index contributed by atoms with van der Waals surface area (Å²) in [5, 5.41) is 9.00. The molecule has 1 saturated carbocycles. The van der Waals surface area contributed by atoms with Gasteiger partial charge < -0.3 is 14.7 Å². The number of likely N-dealkylation sites (N-methyl/N-ethyl adjacent to an activating group) is 1. The van der Waals surface area contributed by atoms with Gasteiger partial charge in [0.05, 0.1) is 11.6 Å². The first-order valence-electron chi connectivity index (χ1n) is 6.65. The molecule has 1 aromatic rings. The lowest BCUT2D eigenvalue weighted by atomic mass is 10.0. The van der Waals surface area contributed by atoms with Crippen molar-refractivity contribution < 1.29 is 19.4 Å². The molecule has 5 nitrogen and oxygen atoms in total. The highest BCUT2D eigenvalue weighted by molar-refractivity contribution is 6.02. The van der Waals surface area contributed by atoms with Gasteiger partial charge in [-0.3, -0.25) is 9.59 Å². The largest absolute Gasteiger partial charge is 0.481 e. The van der Waals surface area contributed by atoms with Crippen LogP contribution < -0.4 is 9.64 Å². The number of carboxylic acids is 1. The summed E-state index contributed by atoms with van der Waals surface area (Å²) in [7, 11) is 1.72. The van der Waals surface area contributed by atoms with Crippen molar-refractivity contribution in [3.63, 3.8) is 0 Å². The Bertz CT molecular complexity index is 608. The quantitative estimate of drug-likeness (QED) is 0.896. The number of anilines is 1. The summed E-state index contributed by atoms with van der Waals surface area (Å²) in [5.74, 6) is -0.443. The molecule has 1 aromatic carbocycles. The van der Waals surface area contributed by atoms with E-state index in [1.54, 1.807) is 25.8 Å². The van der Waals surface area contributed by atoms with Gasteiger partial charge in [0, 0.05) is 7.05 Å². The fourth-order valence-electron chi connectivity index (χ4n) is 2.78. The lowest BCUT2D eigenvalue weighted by Gasteiger charge is -2.37. The van der Waals surface area contributed by atoms with Gasteiger partial charge in [-0.1, -0.05) is 6.07 Å². The smallest absolute Gasteiger partial charge is 0.307 e. The van der Waals surface area contributed by atoms with Gasteiger partial charge in [0.2, 0.25) is 0 Å². The number of amides is 1. The van der Waals surface area contributed by atoms with Crippen molar-refractivity contribution in [1.29, 1.82) is 0 Å². The van der Waals surface area contributed by atoms with E-state index < -0.39 is 11.6 Å². The lowest BCUT2D eigenvalue weighted by Crippen LogP contribution is -2.50. The summed E-state index contributed by atoms with van der Waals surface area (Å²) < 4.78 is 5.72. The minimum atomic E-state index is -0.869. The third-order valence-corrected chi connectivity index (χ3v) is 4.06. The molecule has 1 amide bonds. The van der Waals surface area contributed by atoms with Gasteiger partial charge in [0.25, 0.3) is 5.91 Å². The first-order valence-corrected chi connectivity index (χ1v) is 6.65. The van der Waals surface area contributed by atoms with Gasteiger partial charge in [-0.15, -0.1) is 0 Å². The van der Waals surface area contributed by atoms with E-state index in [1.807, 2.05) is 18.2 Å². The molecular weight excluding hydrogens is 258 g/mol. The number of carboxylic acid groups (broad SMARTS) is 1. The third-order valence-electron chi connectivity index (χ3n) is 4.06. The molecule has 0 aromatic heterocycles. The number of fused-ring (bicyclic) bond motifs is 1. The summed E-state index contributed by atoms with van der Waals surface area (Å²) in [6.07, 6.45) is 0.665. The van der Waals surface area contributed by atoms with Crippen LogP contribution in [0, 0.1) is 5.92 Å². The predicted molar refractivity (Wildman–Crippen MR) is 73.0 cm³/mol. The topological polar surface area (TPSA) is 66.8 Å². The molecule has 0 radical (unpaired) electrons. The molecule has 1 N–H and O–H groups in total. The predicted octanol–water partition coefficient (Wildman–Crippen LogP) is 2.01. The molecule has 5 heteroatoms. The fraction of sp³-hybridized carbons (Fsp3) is 0.467. The Morgan fingerprint density at radius 1 is 1.45 bits per heavy atom. The third kappa shape index (κ3) is 1.85. The zero-order chi connectivity index (χ0) is 14.7. The molecule has 1 fully saturated rings. The lowest BCUT2D eigenvalue weighted by molar-refractivity contribution is -0.138. The van der Waals surface area contributed by atoms with Crippen molar-refractivity contribution >= 4 is 17.6 Å². The number of benzene rings is 1. The molecule has 106 valence electrons. The van der Waals surface area contributed by atoms with Crippen LogP contribution in [0.4, 0.5) is 5.69 Å². The number of hydrogen-bond donors (Lipinski definition) is 1. The zero-order valence-electron chi connectivity index (χ0n) is 11.7. The van der Waals surface area contributed by atoms with E-state index in [9.17, 15) is 9.59 Å². The van der Waals surface area contributed by atoms with E-state index >= 15 is 0 Å². The molecule has 2 aliphatic rings. The first-order chi connectivity index (χ1) is 9.31. The van der Waals surface area contributed by atoms with Crippen LogP contribution in [0.2, 0.25) is 0 Å². The Labute approximate surface area is 117 Å². The minimum absolute atomic E-state index is 0.0521. The van der Waals surface area contributed by atoms with Crippen LogP contribution in [0.3, 0.4) is 0 Å². The molecule has 3 rings (SSSR count). The van der Waals surface area contributed by atoms with Crippen molar-refractivity contribution in [3.8, 4) is 5.75 Å². The second kappa shape index (κ2) is 3.98. The van der Waals surface area contributed by atoms with Crippen LogP contribution in [0.1, 0.15) is 31.7 Å². The number of aliphatic carboxylic acids is 1. The van der Waals surface area contributed by atoms with Crippen LogP contribution in [0.15, 0.2) is 18.2 Å². The van der Waals surface area contributed by atoms with Crippen molar-refractivity contribution in [3.05, 3.63) is 23.8 Å².